The lowest BCUT2D eigenvalue weighted by Crippen LogP contribution is -2.42. The molecule has 0 saturated carbocycles. The molecular formula is C14H22N4O3. The van der Waals surface area contributed by atoms with Gasteiger partial charge in [-0.15, -0.1) is 0 Å². The fourth-order valence-electron chi connectivity index (χ4n) is 2.33. The highest BCUT2D eigenvalue weighted by atomic mass is 16.6. The van der Waals surface area contributed by atoms with Crippen LogP contribution in [-0.4, -0.2) is 42.3 Å². The molecule has 0 radical (unpaired) electrons. The van der Waals surface area contributed by atoms with E-state index in [0.717, 1.165) is 19.4 Å². The maximum absolute atomic E-state index is 11.2. The second-order valence-corrected chi connectivity index (χ2v) is 5.07. The van der Waals surface area contributed by atoms with Crippen molar-refractivity contribution in [2.24, 2.45) is 0 Å². The van der Waals surface area contributed by atoms with Crippen molar-refractivity contribution in [3.05, 3.63) is 22.2 Å². The molecule has 7 nitrogen and oxygen atoms in total. The lowest BCUT2D eigenvalue weighted by atomic mass is 10.2. The van der Waals surface area contributed by atoms with Crippen molar-refractivity contribution in [2.75, 3.05) is 36.5 Å². The molecule has 7 heteroatoms. The van der Waals surface area contributed by atoms with E-state index >= 15 is 0 Å². The van der Waals surface area contributed by atoms with Gasteiger partial charge in [-0.2, -0.15) is 0 Å². The first kappa shape index (κ1) is 15.5. The summed E-state index contributed by atoms with van der Waals surface area (Å²) in [5.41, 5.74) is 0.0498. The van der Waals surface area contributed by atoms with Crippen LogP contribution in [-0.2, 0) is 4.74 Å². The van der Waals surface area contributed by atoms with Crippen molar-refractivity contribution in [3.63, 3.8) is 0 Å². The molecule has 2 heterocycles. The van der Waals surface area contributed by atoms with Gasteiger partial charge < -0.3 is 15.0 Å². The predicted molar refractivity (Wildman–Crippen MR) is 81.9 cm³/mol. The molecule has 0 aliphatic carbocycles. The third-order valence-electron chi connectivity index (χ3n) is 3.50. The molecule has 1 N–H and O–H groups in total. The Bertz CT molecular complexity index is 495. The number of morpholine rings is 1. The highest BCUT2D eigenvalue weighted by Crippen LogP contribution is 2.29. The minimum Gasteiger partial charge on any atom is -0.375 e. The van der Waals surface area contributed by atoms with Gasteiger partial charge in [-0.25, -0.2) is 4.98 Å². The Kier molecular flexibility index (Phi) is 5.32. The van der Waals surface area contributed by atoms with E-state index in [1.54, 1.807) is 6.07 Å². The molecule has 1 unspecified atom stereocenters. The number of nitro groups is 1. The van der Waals surface area contributed by atoms with Crippen LogP contribution >= 0.6 is 0 Å². The quantitative estimate of drug-likeness (QED) is 0.641. The molecule has 1 aromatic rings. The first-order valence-corrected chi connectivity index (χ1v) is 7.41. The summed E-state index contributed by atoms with van der Waals surface area (Å²) in [5.74, 6) is 1.11. The van der Waals surface area contributed by atoms with Gasteiger partial charge in [0.1, 0.15) is 5.82 Å². The monoisotopic (exact) mass is 294 g/mol. The van der Waals surface area contributed by atoms with Gasteiger partial charge in [-0.3, -0.25) is 10.1 Å². The smallest absolute Gasteiger partial charge is 0.311 e. The molecule has 0 spiro atoms. The molecule has 116 valence electrons. The van der Waals surface area contributed by atoms with Gasteiger partial charge in [0.25, 0.3) is 0 Å². The Balaban J connectivity index is 2.27. The number of rotatable bonds is 6. The molecule has 0 aromatic carbocycles. The van der Waals surface area contributed by atoms with E-state index in [2.05, 4.69) is 24.1 Å². The van der Waals surface area contributed by atoms with Gasteiger partial charge in [-0.05, 0) is 18.9 Å². The largest absolute Gasteiger partial charge is 0.375 e. The Morgan fingerprint density at radius 3 is 3.00 bits per heavy atom. The van der Waals surface area contributed by atoms with Crippen molar-refractivity contribution in [3.8, 4) is 0 Å². The normalized spacial score (nSPS) is 18.6. The zero-order valence-corrected chi connectivity index (χ0v) is 12.5. The lowest BCUT2D eigenvalue weighted by molar-refractivity contribution is -0.384. The molecule has 1 atom stereocenters. The summed E-state index contributed by atoms with van der Waals surface area (Å²) in [7, 11) is 0. The number of nitrogens with zero attached hydrogens (tertiary/aromatic N) is 3. The zero-order valence-electron chi connectivity index (χ0n) is 12.5. The van der Waals surface area contributed by atoms with Crippen LogP contribution in [0.4, 0.5) is 17.3 Å². The maximum Gasteiger partial charge on any atom is 0.311 e. The number of nitrogens with one attached hydrogen (secondary N) is 1. The maximum atomic E-state index is 11.2. The van der Waals surface area contributed by atoms with Crippen LogP contribution in [0.2, 0.25) is 0 Å². The van der Waals surface area contributed by atoms with Gasteiger partial charge in [0.2, 0.25) is 5.82 Å². The van der Waals surface area contributed by atoms with Gasteiger partial charge in [0.15, 0.2) is 0 Å². The number of pyridine rings is 1. The van der Waals surface area contributed by atoms with E-state index in [1.165, 1.54) is 6.07 Å². The summed E-state index contributed by atoms with van der Waals surface area (Å²) >= 11 is 0. The fourth-order valence-corrected chi connectivity index (χ4v) is 2.33. The van der Waals surface area contributed by atoms with Crippen molar-refractivity contribution < 1.29 is 9.66 Å². The third-order valence-corrected chi connectivity index (χ3v) is 3.50. The number of anilines is 2. The van der Waals surface area contributed by atoms with Crippen LogP contribution in [0.3, 0.4) is 0 Å². The van der Waals surface area contributed by atoms with Crippen molar-refractivity contribution in [1.29, 1.82) is 0 Å². The van der Waals surface area contributed by atoms with Crippen molar-refractivity contribution in [1.82, 2.24) is 4.98 Å². The Labute approximate surface area is 124 Å². The molecule has 2 rings (SSSR count). The SMILES string of the molecule is CCCNc1ccc([N+](=O)[O-])c(N2CCOC(CC)C2)n1. The van der Waals surface area contributed by atoms with E-state index in [9.17, 15) is 10.1 Å². The van der Waals surface area contributed by atoms with Crippen LogP contribution in [0.15, 0.2) is 12.1 Å². The molecule has 1 aliphatic rings. The summed E-state index contributed by atoms with van der Waals surface area (Å²) in [5, 5.41) is 14.4. The highest BCUT2D eigenvalue weighted by molar-refractivity contribution is 5.62. The summed E-state index contributed by atoms with van der Waals surface area (Å²) in [6, 6.07) is 3.19. The number of hydrogen-bond acceptors (Lipinski definition) is 6. The molecule has 1 fully saturated rings. The number of hydrogen-bond donors (Lipinski definition) is 1. The van der Waals surface area contributed by atoms with Crippen LogP contribution in [0.1, 0.15) is 26.7 Å². The molecule has 1 aromatic heterocycles. The van der Waals surface area contributed by atoms with E-state index in [0.29, 0.717) is 31.3 Å². The topological polar surface area (TPSA) is 80.5 Å². The van der Waals surface area contributed by atoms with Crippen LogP contribution in [0, 0.1) is 10.1 Å². The average Bonchev–Trinajstić information content (AvgIpc) is 2.52. The fraction of sp³-hybridized carbons (Fsp3) is 0.643. The van der Waals surface area contributed by atoms with Gasteiger partial charge >= 0.3 is 5.69 Å². The van der Waals surface area contributed by atoms with Gasteiger partial charge in [-0.1, -0.05) is 13.8 Å². The first-order valence-electron chi connectivity index (χ1n) is 7.41. The van der Waals surface area contributed by atoms with Crippen LogP contribution in [0.25, 0.3) is 0 Å². The Hall–Kier alpha value is -1.89. The second-order valence-electron chi connectivity index (χ2n) is 5.07. The zero-order chi connectivity index (χ0) is 15.2. The summed E-state index contributed by atoms with van der Waals surface area (Å²) in [6.07, 6.45) is 1.97. The second kappa shape index (κ2) is 7.21. The molecular weight excluding hydrogens is 272 g/mol. The summed E-state index contributed by atoms with van der Waals surface area (Å²) < 4.78 is 5.62. The average molecular weight is 294 g/mol. The first-order chi connectivity index (χ1) is 10.2. The van der Waals surface area contributed by atoms with Gasteiger partial charge in [0.05, 0.1) is 17.6 Å². The van der Waals surface area contributed by atoms with Gasteiger partial charge in [0, 0.05) is 25.7 Å². The van der Waals surface area contributed by atoms with Crippen molar-refractivity contribution in [2.45, 2.75) is 32.8 Å². The van der Waals surface area contributed by atoms with E-state index in [4.69, 9.17) is 4.74 Å². The van der Waals surface area contributed by atoms with Crippen LogP contribution < -0.4 is 10.2 Å². The molecule has 0 amide bonds. The van der Waals surface area contributed by atoms with E-state index in [-0.39, 0.29) is 16.7 Å². The molecule has 1 saturated heterocycles. The Morgan fingerprint density at radius 1 is 1.52 bits per heavy atom. The minimum atomic E-state index is -0.373. The Morgan fingerprint density at radius 2 is 2.33 bits per heavy atom. The summed E-state index contributed by atoms with van der Waals surface area (Å²) in [6.45, 7) is 6.75. The van der Waals surface area contributed by atoms with E-state index in [1.807, 2.05) is 4.90 Å². The molecule has 21 heavy (non-hydrogen) atoms. The summed E-state index contributed by atoms with van der Waals surface area (Å²) in [4.78, 5) is 17.2. The molecule has 1 aliphatic heterocycles. The standard InChI is InChI=1S/C14H22N4O3/c1-3-7-15-13-6-5-12(18(19)20)14(16-13)17-8-9-21-11(4-2)10-17/h5-6,11H,3-4,7-10H2,1-2H3,(H,15,16). The van der Waals surface area contributed by atoms with E-state index < -0.39 is 0 Å². The number of aromatic nitrogens is 1. The van der Waals surface area contributed by atoms with Crippen LogP contribution in [0.5, 0.6) is 0 Å². The number of ether oxygens (including phenoxy) is 1. The predicted octanol–water partition coefficient (Wildman–Crippen LogP) is 2.43. The van der Waals surface area contributed by atoms with Crippen molar-refractivity contribution >= 4 is 17.3 Å². The lowest BCUT2D eigenvalue weighted by Gasteiger charge is -2.33. The molecule has 0 bridgehead atoms. The highest BCUT2D eigenvalue weighted by Gasteiger charge is 2.26. The third kappa shape index (κ3) is 3.81. The minimum absolute atomic E-state index is 0.0498.